The van der Waals surface area contributed by atoms with Crippen LogP contribution in [-0.4, -0.2) is 29.3 Å². The van der Waals surface area contributed by atoms with E-state index in [1.54, 1.807) is 13.0 Å². The van der Waals surface area contributed by atoms with Crippen molar-refractivity contribution in [3.63, 3.8) is 0 Å². The molecule has 2 rings (SSSR count). The highest BCUT2D eigenvalue weighted by Crippen LogP contribution is 2.21. The van der Waals surface area contributed by atoms with E-state index in [1.165, 1.54) is 17.0 Å². The summed E-state index contributed by atoms with van der Waals surface area (Å²) in [4.78, 5) is 24.8. The maximum Gasteiger partial charge on any atom is 0.257 e. The van der Waals surface area contributed by atoms with Crippen LogP contribution in [0.3, 0.4) is 0 Å². The average molecular weight is 250 g/mol. The molecule has 2 N–H and O–H groups in total. The number of hydrogen-bond donors (Lipinski definition) is 1. The van der Waals surface area contributed by atoms with Crippen molar-refractivity contribution in [3.8, 4) is 0 Å². The Morgan fingerprint density at radius 1 is 1.44 bits per heavy atom. The van der Waals surface area contributed by atoms with E-state index in [-0.39, 0.29) is 5.56 Å². The molecule has 1 aliphatic rings. The van der Waals surface area contributed by atoms with Gasteiger partial charge in [-0.1, -0.05) is 11.6 Å². The summed E-state index contributed by atoms with van der Waals surface area (Å²) in [6.45, 7) is 2.23. The standard InChI is InChI=1S/C13H15FN2O2/c1-8-4-5-10(14)9(7-8)13(18)16-6-2-3-11(16)12(15)17/h4-5,7,11H,2-3,6H2,1H3,(H2,15,17). The first-order valence-corrected chi connectivity index (χ1v) is 5.87. The maximum atomic E-state index is 13.6. The summed E-state index contributed by atoms with van der Waals surface area (Å²) < 4.78 is 13.6. The van der Waals surface area contributed by atoms with E-state index in [0.717, 1.165) is 5.56 Å². The number of halogens is 1. The lowest BCUT2D eigenvalue weighted by atomic mass is 10.1. The van der Waals surface area contributed by atoms with Gasteiger partial charge in [-0.2, -0.15) is 0 Å². The van der Waals surface area contributed by atoms with Gasteiger partial charge in [0.1, 0.15) is 11.9 Å². The Morgan fingerprint density at radius 2 is 2.17 bits per heavy atom. The molecule has 1 aromatic carbocycles. The molecule has 1 aromatic rings. The molecular weight excluding hydrogens is 235 g/mol. The van der Waals surface area contributed by atoms with E-state index in [1.807, 2.05) is 0 Å². The first-order chi connectivity index (χ1) is 8.50. The van der Waals surface area contributed by atoms with Crippen molar-refractivity contribution in [3.05, 3.63) is 35.1 Å². The number of rotatable bonds is 2. The first kappa shape index (κ1) is 12.5. The SMILES string of the molecule is Cc1ccc(F)c(C(=O)N2CCCC2C(N)=O)c1. The fourth-order valence-corrected chi connectivity index (χ4v) is 2.26. The third kappa shape index (κ3) is 2.20. The zero-order valence-corrected chi connectivity index (χ0v) is 10.1. The fourth-order valence-electron chi connectivity index (χ4n) is 2.26. The molecule has 1 heterocycles. The first-order valence-electron chi connectivity index (χ1n) is 5.87. The second-order valence-electron chi connectivity index (χ2n) is 4.54. The summed E-state index contributed by atoms with van der Waals surface area (Å²) in [5.74, 6) is -1.56. The predicted molar refractivity (Wildman–Crippen MR) is 64.4 cm³/mol. The van der Waals surface area contributed by atoms with Gasteiger partial charge in [-0.3, -0.25) is 9.59 Å². The van der Waals surface area contributed by atoms with Crippen LogP contribution < -0.4 is 5.73 Å². The summed E-state index contributed by atoms with van der Waals surface area (Å²) in [5.41, 5.74) is 6.05. The van der Waals surface area contributed by atoms with Crippen molar-refractivity contribution in [1.29, 1.82) is 0 Å². The number of nitrogens with two attached hydrogens (primary N) is 1. The molecule has 0 saturated carbocycles. The molecule has 4 nitrogen and oxygen atoms in total. The van der Waals surface area contributed by atoms with Crippen molar-refractivity contribution in [2.75, 3.05) is 6.54 Å². The minimum atomic E-state index is -0.614. The molecule has 0 radical (unpaired) electrons. The molecule has 2 amide bonds. The number of benzene rings is 1. The second kappa shape index (κ2) is 4.76. The summed E-state index contributed by atoms with van der Waals surface area (Å²) in [6.07, 6.45) is 1.27. The fraction of sp³-hybridized carbons (Fsp3) is 0.385. The van der Waals surface area contributed by atoms with E-state index < -0.39 is 23.7 Å². The van der Waals surface area contributed by atoms with Gasteiger partial charge in [0.15, 0.2) is 0 Å². The molecule has 1 aliphatic heterocycles. The van der Waals surface area contributed by atoms with Gasteiger partial charge in [-0.25, -0.2) is 4.39 Å². The molecular formula is C13H15FN2O2. The monoisotopic (exact) mass is 250 g/mol. The number of primary amides is 1. The van der Waals surface area contributed by atoms with Crippen LogP contribution in [0.5, 0.6) is 0 Å². The van der Waals surface area contributed by atoms with Crippen molar-refractivity contribution >= 4 is 11.8 Å². The molecule has 5 heteroatoms. The minimum Gasteiger partial charge on any atom is -0.368 e. The van der Waals surface area contributed by atoms with Crippen LogP contribution >= 0.6 is 0 Å². The lowest BCUT2D eigenvalue weighted by Gasteiger charge is -2.22. The van der Waals surface area contributed by atoms with Crippen molar-refractivity contribution < 1.29 is 14.0 Å². The Morgan fingerprint density at radius 3 is 2.83 bits per heavy atom. The molecule has 96 valence electrons. The number of carbonyl (C=O) groups excluding carboxylic acids is 2. The Balaban J connectivity index is 2.31. The average Bonchev–Trinajstić information content (AvgIpc) is 2.80. The van der Waals surface area contributed by atoms with Gasteiger partial charge in [0.2, 0.25) is 5.91 Å². The number of carbonyl (C=O) groups is 2. The zero-order chi connectivity index (χ0) is 13.3. The van der Waals surface area contributed by atoms with Crippen molar-refractivity contribution in [1.82, 2.24) is 4.90 Å². The molecule has 1 saturated heterocycles. The van der Waals surface area contributed by atoms with Crippen LogP contribution in [0.1, 0.15) is 28.8 Å². The van der Waals surface area contributed by atoms with Crippen LogP contribution in [0.15, 0.2) is 18.2 Å². The summed E-state index contributed by atoms with van der Waals surface area (Å²) in [5, 5.41) is 0. The van der Waals surface area contributed by atoms with Gasteiger partial charge in [0, 0.05) is 6.54 Å². The highest BCUT2D eigenvalue weighted by atomic mass is 19.1. The summed E-state index contributed by atoms with van der Waals surface area (Å²) in [7, 11) is 0. The normalized spacial score (nSPS) is 19.0. The molecule has 1 unspecified atom stereocenters. The van der Waals surface area contributed by atoms with Crippen LogP contribution in [0.25, 0.3) is 0 Å². The van der Waals surface area contributed by atoms with Crippen LogP contribution in [-0.2, 0) is 4.79 Å². The van der Waals surface area contributed by atoms with Crippen molar-refractivity contribution in [2.45, 2.75) is 25.8 Å². The van der Waals surface area contributed by atoms with Crippen LogP contribution in [0.4, 0.5) is 4.39 Å². The Kier molecular flexibility index (Phi) is 3.32. The molecule has 0 bridgehead atoms. The molecule has 0 spiro atoms. The van der Waals surface area contributed by atoms with Gasteiger partial charge in [0.05, 0.1) is 5.56 Å². The molecule has 0 aliphatic carbocycles. The number of likely N-dealkylation sites (tertiary alicyclic amines) is 1. The van der Waals surface area contributed by atoms with E-state index in [4.69, 9.17) is 5.73 Å². The summed E-state index contributed by atoms with van der Waals surface area (Å²) >= 11 is 0. The third-order valence-corrected chi connectivity index (χ3v) is 3.19. The van der Waals surface area contributed by atoms with E-state index >= 15 is 0 Å². The maximum absolute atomic E-state index is 13.6. The van der Waals surface area contributed by atoms with Crippen LogP contribution in [0.2, 0.25) is 0 Å². The Bertz CT molecular complexity index is 502. The highest BCUT2D eigenvalue weighted by molar-refractivity contribution is 5.98. The topological polar surface area (TPSA) is 63.4 Å². The number of amides is 2. The predicted octanol–water partition coefficient (Wildman–Crippen LogP) is 1.22. The molecule has 0 aromatic heterocycles. The highest BCUT2D eigenvalue weighted by Gasteiger charge is 2.34. The van der Waals surface area contributed by atoms with E-state index in [9.17, 15) is 14.0 Å². The van der Waals surface area contributed by atoms with E-state index in [0.29, 0.717) is 19.4 Å². The molecule has 18 heavy (non-hydrogen) atoms. The number of hydrogen-bond acceptors (Lipinski definition) is 2. The quantitative estimate of drug-likeness (QED) is 0.857. The lowest BCUT2D eigenvalue weighted by molar-refractivity contribution is -0.121. The second-order valence-corrected chi connectivity index (χ2v) is 4.54. The van der Waals surface area contributed by atoms with Crippen molar-refractivity contribution in [2.24, 2.45) is 5.73 Å². The Hall–Kier alpha value is -1.91. The van der Waals surface area contributed by atoms with Gasteiger partial charge in [-0.15, -0.1) is 0 Å². The van der Waals surface area contributed by atoms with Gasteiger partial charge >= 0.3 is 0 Å². The van der Waals surface area contributed by atoms with Crippen LogP contribution in [0, 0.1) is 12.7 Å². The van der Waals surface area contributed by atoms with Gasteiger partial charge < -0.3 is 10.6 Å². The van der Waals surface area contributed by atoms with Gasteiger partial charge in [-0.05, 0) is 31.9 Å². The largest absolute Gasteiger partial charge is 0.368 e. The van der Waals surface area contributed by atoms with E-state index in [2.05, 4.69) is 0 Å². The smallest absolute Gasteiger partial charge is 0.257 e. The number of nitrogens with zero attached hydrogens (tertiary/aromatic N) is 1. The minimum absolute atomic E-state index is 0.00292. The molecule has 1 fully saturated rings. The third-order valence-electron chi connectivity index (χ3n) is 3.19. The molecule has 1 atom stereocenters. The number of aryl methyl sites for hydroxylation is 1. The Labute approximate surface area is 105 Å². The zero-order valence-electron chi connectivity index (χ0n) is 10.1. The summed E-state index contributed by atoms with van der Waals surface area (Å²) in [6, 6.07) is 3.74. The lowest BCUT2D eigenvalue weighted by Crippen LogP contribution is -2.43. The van der Waals surface area contributed by atoms with Gasteiger partial charge in [0.25, 0.3) is 5.91 Å².